The van der Waals surface area contributed by atoms with Gasteiger partial charge in [-0.3, -0.25) is 14.4 Å². The second kappa shape index (κ2) is 9.35. The first-order valence-corrected chi connectivity index (χ1v) is 11.2. The lowest BCUT2D eigenvalue weighted by atomic mass is 10.0. The number of benzene rings is 3. The van der Waals surface area contributed by atoms with Gasteiger partial charge in [-0.1, -0.05) is 43.3 Å². The number of aryl methyl sites for hydroxylation is 3. The Morgan fingerprint density at radius 3 is 2.12 bits per heavy atom. The third-order valence-corrected chi connectivity index (χ3v) is 5.81. The third kappa shape index (κ3) is 4.48. The minimum Gasteiger partial charge on any atom is -0.350 e. The van der Waals surface area contributed by atoms with Crippen molar-refractivity contribution in [3.8, 4) is 0 Å². The predicted octanol–water partition coefficient (Wildman–Crippen LogP) is 5.22. The van der Waals surface area contributed by atoms with Gasteiger partial charge in [0.25, 0.3) is 11.8 Å². The van der Waals surface area contributed by atoms with Crippen molar-refractivity contribution in [3.63, 3.8) is 0 Å². The van der Waals surface area contributed by atoms with Gasteiger partial charge in [-0.2, -0.15) is 0 Å². The van der Waals surface area contributed by atoms with Gasteiger partial charge >= 0.3 is 0 Å². The average Bonchev–Trinajstić information content (AvgIpc) is 3.05. The van der Waals surface area contributed by atoms with Crippen molar-refractivity contribution in [1.82, 2.24) is 0 Å². The number of anilines is 3. The Labute approximate surface area is 199 Å². The molecule has 0 aliphatic carbocycles. The summed E-state index contributed by atoms with van der Waals surface area (Å²) in [4.78, 5) is 39.9. The second-order valence-electron chi connectivity index (χ2n) is 8.42. The Bertz CT molecular complexity index is 1310. The summed E-state index contributed by atoms with van der Waals surface area (Å²) in [5.74, 6) is -0.976. The lowest BCUT2D eigenvalue weighted by Crippen LogP contribution is -2.33. The van der Waals surface area contributed by atoms with E-state index in [1.165, 1.54) is 17.4 Å². The summed E-state index contributed by atoms with van der Waals surface area (Å²) in [6.45, 7) is 7.32. The van der Waals surface area contributed by atoms with E-state index in [1.807, 2.05) is 56.3 Å². The van der Waals surface area contributed by atoms with Crippen molar-refractivity contribution in [3.05, 3.63) is 94.7 Å². The van der Waals surface area contributed by atoms with Crippen LogP contribution in [-0.4, -0.2) is 17.7 Å². The zero-order chi connectivity index (χ0) is 24.4. The van der Waals surface area contributed by atoms with Gasteiger partial charge in [-0.05, 0) is 72.9 Å². The number of amides is 3. The van der Waals surface area contributed by atoms with Gasteiger partial charge in [0, 0.05) is 18.3 Å². The van der Waals surface area contributed by atoms with Crippen molar-refractivity contribution in [1.29, 1.82) is 0 Å². The highest BCUT2D eigenvalue weighted by atomic mass is 16.2. The molecule has 3 amide bonds. The topological polar surface area (TPSA) is 78.5 Å². The number of hydrogen-bond acceptors (Lipinski definition) is 4. The number of carbonyl (C=O) groups excluding carboxylic acids is 3. The van der Waals surface area contributed by atoms with Crippen LogP contribution in [0.25, 0.3) is 5.57 Å². The number of nitrogens with one attached hydrogen (secondary N) is 2. The summed E-state index contributed by atoms with van der Waals surface area (Å²) in [5, 5.41) is 5.92. The molecule has 1 aliphatic rings. The maximum Gasteiger partial charge on any atom is 0.282 e. The fraction of sp³-hybridized carbons (Fsp3) is 0.179. The highest BCUT2D eigenvalue weighted by molar-refractivity contribution is 6.46. The van der Waals surface area contributed by atoms with E-state index in [0.29, 0.717) is 22.5 Å². The fourth-order valence-corrected chi connectivity index (χ4v) is 3.98. The van der Waals surface area contributed by atoms with E-state index in [9.17, 15) is 14.4 Å². The Morgan fingerprint density at radius 1 is 0.853 bits per heavy atom. The molecule has 2 N–H and O–H groups in total. The number of carbonyl (C=O) groups is 3. The number of rotatable bonds is 6. The molecular weight excluding hydrogens is 426 g/mol. The van der Waals surface area contributed by atoms with Crippen LogP contribution in [0, 0.1) is 13.8 Å². The van der Waals surface area contributed by atoms with Crippen LogP contribution in [0.4, 0.5) is 17.1 Å². The molecule has 0 saturated carbocycles. The van der Waals surface area contributed by atoms with Gasteiger partial charge in [0.1, 0.15) is 5.70 Å². The van der Waals surface area contributed by atoms with E-state index in [-0.39, 0.29) is 11.6 Å². The molecule has 6 nitrogen and oxygen atoms in total. The normalized spacial score (nSPS) is 13.5. The lowest BCUT2D eigenvalue weighted by molar-refractivity contribution is -0.120. The van der Waals surface area contributed by atoms with Crippen molar-refractivity contribution in [2.45, 2.75) is 34.1 Å². The standard InChI is InChI=1S/C28H27N3O3/c1-5-20-8-12-23(13-9-20)30-26-25(21-10-14-22(15-11-21)29-19(4)32)27(33)31(28(26)34)24-16-17(2)6-7-18(24)3/h6-16,30H,5H2,1-4H3,(H,29,32). The highest BCUT2D eigenvalue weighted by Gasteiger charge is 2.40. The molecule has 0 radical (unpaired) electrons. The maximum atomic E-state index is 13.7. The zero-order valence-electron chi connectivity index (χ0n) is 19.7. The largest absolute Gasteiger partial charge is 0.350 e. The SMILES string of the molecule is CCc1ccc(NC2=C(c3ccc(NC(C)=O)cc3)C(=O)N(c3cc(C)ccc3C)C2=O)cc1. The number of hydrogen-bond donors (Lipinski definition) is 2. The molecule has 1 heterocycles. The van der Waals surface area contributed by atoms with E-state index in [4.69, 9.17) is 0 Å². The van der Waals surface area contributed by atoms with Crippen molar-refractivity contribution >= 4 is 40.4 Å². The van der Waals surface area contributed by atoms with Crippen LogP contribution >= 0.6 is 0 Å². The molecule has 6 heteroatoms. The minimum absolute atomic E-state index is 0.182. The zero-order valence-corrected chi connectivity index (χ0v) is 19.7. The van der Waals surface area contributed by atoms with Gasteiger partial charge in [0.05, 0.1) is 11.3 Å². The van der Waals surface area contributed by atoms with E-state index in [0.717, 1.165) is 23.2 Å². The number of imide groups is 1. The molecule has 4 rings (SSSR count). The molecule has 172 valence electrons. The van der Waals surface area contributed by atoms with E-state index < -0.39 is 11.8 Å². The quantitative estimate of drug-likeness (QED) is 0.502. The van der Waals surface area contributed by atoms with E-state index in [1.54, 1.807) is 24.3 Å². The Morgan fingerprint density at radius 2 is 1.50 bits per heavy atom. The summed E-state index contributed by atoms with van der Waals surface area (Å²) in [5.41, 5.74) is 5.99. The molecule has 0 fully saturated rings. The van der Waals surface area contributed by atoms with Gasteiger partial charge < -0.3 is 10.6 Å². The van der Waals surface area contributed by atoms with Crippen LogP contribution in [0.1, 0.15) is 36.1 Å². The monoisotopic (exact) mass is 453 g/mol. The Balaban J connectivity index is 1.79. The first-order valence-electron chi connectivity index (χ1n) is 11.2. The smallest absolute Gasteiger partial charge is 0.282 e. The number of nitrogens with zero attached hydrogens (tertiary/aromatic N) is 1. The van der Waals surface area contributed by atoms with E-state index in [2.05, 4.69) is 17.6 Å². The van der Waals surface area contributed by atoms with Crippen LogP contribution in [0.3, 0.4) is 0 Å². The molecular formula is C28H27N3O3. The molecule has 3 aromatic rings. The highest BCUT2D eigenvalue weighted by Crippen LogP contribution is 2.35. The summed E-state index contributed by atoms with van der Waals surface area (Å²) in [6, 6.07) is 20.4. The summed E-state index contributed by atoms with van der Waals surface area (Å²) >= 11 is 0. The summed E-state index contributed by atoms with van der Waals surface area (Å²) in [7, 11) is 0. The summed E-state index contributed by atoms with van der Waals surface area (Å²) in [6.07, 6.45) is 0.909. The average molecular weight is 454 g/mol. The predicted molar refractivity (Wildman–Crippen MR) is 136 cm³/mol. The van der Waals surface area contributed by atoms with Gasteiger partial charge in [0.15, 0.2) is 0 Å². The molecule has 0 spiro atoms. The summed E-state index contributed by atoms with van der Waals surface area (Å²) < 4.78 is 0. The maximum absolute atomic E-state index is 13.7. The molecule has 0 saturated heterocycles. The van der Waals surface area contributed by atoms with Crippen molar-refractivity contribution in [2.75, 3.05) is 15.5 Å². The third-order valence-electron chi connectivity index (χ3n) is 5.81. The second-order valence-corrected chi connectivity index (χ2v) is 8.42. The van der Waals surface area contributed by atoms with Crippen LogP contribution in [0.2, 0.25) is 0 Å². The van der Waals surface area contributed by atoms with Gasteiger partial charge in [0.2, 0.25) is 5.91 Å². The van der Waals surface area contributed by atoms with Crippen molar-refractivity contribution in [2.24, 2.45) is 0 Å². The van der Waals surface area contributed by atoms with Crippen LogP contribution in [0.5, 0.6) is 0 Å². The van der Waals surface area contributed by atoms with Crippen LogP contribution < -0.4 is 15.5 Å². The van der Waals surface area contributed by atoms with Crippen LogP contribution in [0.15, 0.2) is 72.4 Å². The molecule has 0 aromatic heterocycles. The molecule has 0 bridgehead atoms. The van der Waals surface area contributed by atoms with Crippen LogP contribution in [-0.2, 0) is 20.8 Å². The Kier molecular flexibility index (Phi) is 6.32. The molecule has 0 atom stereocenters. The molecule has 1 aliphatic heterocycles. The van der Waals surface area contributed by atoms with Gasteiger partial charge in [-0.25, -0.2) is 4.90 Å². The fourth-order valence-electron chi connectivity index (χ4n) is 3.98. The lowest BCUT2D eigenvalue weighted by Gasteiger charge is -2.18. The molecule has 34 heavy (non-hydrogen) atoms. The molecule has 0 unspecified atom stereocenters. The first kappa shape index (κ1) is 23.0. The minimum atomic E-state index is -0.404. The Hall–Kier alpha value is -4.19. The first-order chi connectivity index (χ1) is 16.3. The van der Waals surface area contributed by atoms with Crippen molar-refractivity contribution < 1.29 is 14.4 Å². The van der Waals surface area contributed by atoms with Gasteiger partial charge in [-0.15, -0.1) is 0 Å². The van der Waals surface area contributed by atoms with E-state index >= 15 is 0 Å². The molecule has 3 aromatic carbocycles.